The molecule has 20 heavy (non-hydrogen) atoms. The second-order valence-corrected chi connectivity index (χ2v) is 5.52. The van der Waals surface area contributed by atoms with Crippen molar-refractivity contribution in [1.82, 2.24) is 15.2 Å². The van der Waals surface area contributed by atoms with Gasteiger partial charge in [0.15, 0.2) is 0 Å². The highest BCUT2D eigenvalue weighted by Crippen LogP contribution is 2.30. The van der Waals surface area contributed by atoms with Gasteiger partial charge in [0.05, 0.1) is 6.04 Å². The Bertz CT molecular complexity index is 540. The molecule has 5 heteroatoms. The van der Waals surface area contributed by atoms with Gasteiger partial charge in [-0.2, -0.15) is 0 Å². The topological polar surface area (TPSA) is 62.3 Å². The molecule has 3 rings (SSSR count). The van der Waals surface area contributed by atoms with Crippen molar-refractivity contribution in [3.8, 4) is 0 Å². The first-order valence-corrected chi connectivity index (χ1v) is 7.23. The summed E-state index contributed by atoms with van der Waals surface area (Å²) in [7, 11) is 0. The predicted octanol–water partition coefficient (Wildman–Crippen LogP) is 1.14. The van der Waals surface area contributed by atoms with Gasteiger partial charge in [0.25, 0.3) is 5.91 Å². The summed E-state index contributed by atoms with van der Waals surface area (Å²) < 4.78 is 0. The van der Waals surface area contributed by atoms with E-state index in [9.17, 15) is 9.59 Å². The molecule has 1 saturated carbocycles. The monoisotopic (exact) mass is 273 g/mol. The van der Waals surface area contributed by atoms with E-state index in [2.05, 4.69) is 10.3 Å². The summed E-state index contributed by atoms with van der Waals surface area (Å²) in [6.07, 6.45) is 5.02. The van der Waals surface area contributed by atoms with E-state index in [1.165, 1.54) is 0 Å². The molecule has 1 aromatic heterocycles. The minimum absolute atomic E-state index is 0.0812. The molecule has 2 amide bonds. The van der Waals surface area contributed by atoms with E-state index in [1.807, 2.05) is 24.0 Å². The van der Waals surface area contributed by atoms with Crippen molar-refractivity contribution in [2.75, 3.05) is 6.54 Å². The first kappa shape index (κ1) is 13.1. The van der Waals surface area contributed by atoms with E-state index >= 15 is 0 Å². The second-order valence-electron chi connectivity index (χ2n) is 5.52. The van der Waals surface area contributed by atoms with E-state index in [0.29, 0.717) is 24.7 Å². The van der Waals surface area contributed by atoms with Crippen LogP contribution < -0.4 is 5.32 Å². The summed E-state index contributed by atoms with van der Waals surface area (Å²) in [5, 5.41) is 2.95. The summed E-state index contributed by atoms with van der Waals surface area (Å²) in [5.41, 5.74) is 1.42. The van der Waals surface area contributed by atoms with Crippen LogP contribution in [0.3, 0.4) is 0 Å². The van der Waals surface area contributed by atoms with Crippen LogP contribution in [0.15, 0.2) is 18.3 Å². The zero-order valence-electron chi connectivity index (χ0n) is 11.6. The number of nitrogens with one attached hydrogen (secondary N) is 1. The molecule has 1 aliphatic carbocycles. The lowest BCUT2D eigenvalue weighted by Crippen LogP contribution is -2.38. The molecular formula is C15H19N3O2. The first-order chi connectivity index (χ1) is 9.69. The maximum Gasteiger partial charge on any atom is 0.270 e. The highest BCUT2D eigenvalue weighted by molar-refractivity contribution is 5.94. The molecule has 0 spiro atoms. The Kier molecular flexibility index (Phi) is 3.42. The summed E-state index contributed by atoms with van der Waals surface area (Å²) in [4.78, 5) is 30.2. The number of amides is 2. The summed E-state index contributed by atoms with van der Waals surface area (Å²) in [6.45, 7) is 2.64. The van der Waals surface area contributed by atoms with Gasteiger partial charge < -0.3 is 10.2 Å². The molecule has 0 radical (unpaired) electrons. The molecule has 106 valence electrons. The molecule has 1 unspecified atom stereocenters. The number of likely N-dealkylation sites (tertiary alicyclic amines) is 1. The molecule has 2 aliphatic rings. The lowest BCUT2D eigenvalue weighted by molar-refractivity contribution is -0.128. The molecule has 1 N–H and O–H groups in total. The van der Waals surface area contributed by atoms with Crippen LogP contribution in [0.5, 0.6) is 0 Å². The largest absolute Gasteiger partial charge is 0.346 e. The Morgan fingerprint density at radius 2 is 2.30 bits per heavy atom. The summed E-state index contributed by atoms with van der Waals surface area (Å²) in [5.74, 6) is -0.00701. The fourth-order valence-electron chi connectivity index (χ4n) is 2.75. The van der Waals surface area contributed by atoms with Crippen LogP contribution in [0, 0.1) is 0 Å². The molecule has 2 fully saturated rings. The van der Waals surface area contributed by atoms with E-state index in [-0.39, 0.29) is 17.9 Å². The molecular weight excluding hydrogens is 254 g/mol. The van der Waals surface area contributed by atoms with E-state index in [0.717, 1.165) is 24.8 Å². The zero-order valence-corrected chi connectivity index (χ0v) is 11.6. The number of pyridine rings is 1. The Morgan fingerprint density at radius 1 is 1.50 bits per heavy atom. The van der Waals surface area contributed by atoms with Gasteiger partial charge in [-0.1, -0.05) is 13.0 Å². The number of aromatic nitrogens is 1. The van der Waals surface area contributed by atoms with Gasteiger partial charge in [-0.3, -0.25) is 14.6 Å². The molecule has 1 aromatic rings. The Balaban J connectivity index is 1.66. The van der Waals surface area contributed by atoms with Crippen LogP contribution in [0.2, 0.25) is 0 Å². The lowest BCUT2D eigenvalue weighted by atomic mass is 10.1. The minimum Gasteiger partial charge on any atom is -0.346 e. The van der Waals surface area contributed by atoms with Gasteiger partial charge in [0, 0.05) is 25.2 Å². The van der Waals surface area contributed by atoms with Gasteiger partial charge in [-0.15, -0.1) is 0 Å². The number of aryl methyl sites for hydroxylation is 1. The van der Waals surface area contributed by atoms with Gasteiger partial charge >= 0.3 is 0 Å². The van der Waals surface area contributed by atoms with Crippen LogP contribution in [0.1, 0.15) is 42.2 Å². The number of hydrogen-bond donors (Lipinski definition) is 1. The third-order valence-electron chi connectivity index (χ3n) is 3.97. The SMILES string of the molecule is CCc1cccnc1C(=O)NC1CC(=O)N(C2CC2)C1. The smallest absolute Gasteiger partial charge is 0.270 e. The number of carbonyl (C=O) groups is 2. The molecule has 0 aromatic carbocycles. The van der Waals surface area contributed by atoms with Crippen molar-refractivity contribution >= 4 is 11.8 Å². The molecule has 5 nitrogen and oxygen atoms in total. The highest BCUT2D eigenvalue weighted by Gasteiger charge is 2.39. The first-order valence-electron chi connectivity index (χ1n) is 7.23. The molecule has 2 heterocycles. The van der Waals surface area contributed by atoms with Crippen molar-refractivity contribution in [1.29, 1.82) is 0 Å². The Morgan fingerprint density at radius 3 is 3.00 bits per heavy atom. The van der Waals surface area contributed by atoms with Crippen LogP contribution in [0.4, 0.5) is 0 Å². The third kappa shape index (κ3) is 2.53. The number of carbonyl (C=O) groups excluding carboxylic acids is 2. The van der Waals surface area contributed by atoms with Crippen LogP contribution in [0.25, 0.3) is 0 Å². The van der Waals surface area contributed by atoms with Gasteiger partial charge in [-0.25, -0.2) is 0 Å². The number of rotatable bonds is 4. The maximum absolute atomic E-state index is 12.3. The molecule has 1 saturated heterocycles. The van der Waals surface area contributed by atoms with Crippen molar-refractivity contribution in [3.05, 3.63) is 29.6 Å². The summed E-state index contributed by atoms with van der Waals surface area (Å²) >= 11 is 0. The lowest BCUT2D eigenvalue weighted by Gasteiger charge is -2.16. The normalized spacial score (nSPS) is 22.1. The average molecular weight is 273 g/mol. The number of hydrogen-bond acceptors (Lipinski definition) is 3. The van der Waals surface area contributed by atoms with Crippen molar-refractivity contribution in [2.45, 2.75) is 44.7 Å². The van der Waals surface area contributed by atoms with Crippen molar-refractivity contribution in [3.63, 3.8) is 0 Å². The van der Waals surface area contributed by atoms with Crippen LogP contribution in [-0.4, -0.2) is 40.3 Å². The van der Waals surface area contributed by atoms with Crippen LogP contribution >= 0.6 is 0 Å². The predicted molar refractivity (Wildman–Crippen MR) is 74.2 cm³/mol. The van der Waals surface area contributed by atoms with E-state index in [4.69, 9.17) is 0 Å². The second kappa shape index (κ2) is 5.23. The molecule has 1 atom stereocenters. The van der Waals surface area contributed by atoms with Crippen LogP contribution in [-0.2, 0) is 11.2 Å². The average Bonchev–Trinajstić information content (AvgIpc) is 3.23. The maximum atomic E-state index is 12.3. The van der Waals surface area contributed by atoms with Gasteiger partial charge in [-0.05, 0) is 30.9 Å². The zero-order chi connectivity index (χ0) is 14.1. The van der Waals surface area contributed by atoms with Gasteiger partial charge in [0.2, 0.25) is 5.91 Å². The quantitative estimate of drug-likeness (QED) is 0.894. The Labute approximate surface area is 118 Å². The molecule has 0 bridgehead atoms. The Hall–Kier alpha value is -1.91. The van der Waals surface area contributed by atoms with Gasteiger partial charge in [0.1, 0.15) is 5.69 Å². The standard InChI is InChI=1S/C15H19N3O2/c1-2-10-4-3-7-16-14(10)15(20)17-11-8-13(19)18(9-11)12-5-6-12/h3-4,7,11-12H,2,5-6,8-9H2,1H3,(H,17,20). The van der Waals surface area contributed by atoms with Crippen molar-refractivity contribution in [2.24, 2.45) is 0 Å². The van der Waals surface area contributed by atoms with E-state index < -0.39 is 0 Å². The van der Waals surface area contributed by atoms with E-state index in [1.54, 1.807) is 6.20 Å². The minimum atomic E-state index is -0.169. The third-order valence-corrected chi connectivity index (χ3v) is 3.97. The van der Waals surface area contributed by atoms with Crippen molar-refractivity contribution < 1.29 is 9.59 Å². The summed E-state index contributed by atoms with van der Waals surface area (Å²) in [6, 6.07) is 4.09. The number of nitrogens with zero attached hydrogens (tertiary/aromatic N) is 2. The fraction of sp³-hybridized carbons (Fsp3) is 0.533. The highest BCUT2D eigenvalue weighted by atomic mass is 16.2. The fourth-order valence-corrected chi connectivity index (χ4v) is 2.75. The molecule has 1 aliphatic heterocycles.